The third-order valence-electron chi connectivity index (χ3n) is 3.91. The number of rotatable bonds is 7. The summed E-state index contributed by atoms with van der Waals surface area (Å²) in [5.74, 6) is 0.789. The molecule has 1 aromatic heterocycles. The van der Waals surface area contributed by atoms with Crippen LogP contribution in [0.5, 0.6) is 0 Å². The fourth-order valence-corrected chi connectivity index (χ4v) is 2.67. The summed E-state index contributed by atoms with van der Waals surface area (Å²) in [5, 5.41) is 5.50. The van der Waals surface area contributed by atoms with Crippen LogP contribution in [0.15, 0.2) is 24.4 Å². The zero-order valence-electron chi connectivity index (χ0n) is 12.7. The van der Waals surface area contributed by atoms with Crippen molar-refractivity contribution >= 4 is 22.5 Å². The molecule has 0 atom stereocenters. The van der Waals surface area contributed by atoms with Crippen LogP contribution < -0.4 is 5.32 Å². The van der Waals surface area contributed by atoms with E-state index in [-0.39, 0.29) is 0 Å². The lowest BCUT2D eigenvalue weighted by Crippen LogP contribution is -2.21. The summed E-state index contributed by atoms with van der Waals surface area (Å²) in [4.78, 5) is 0. The van der Waals surface area contributed by atoms with Gasteiger partial charge >= 0.3 is 0 Å². The van der Waals surface area contributed by atoms with Crippen LogP contribution in [-0.4, -0.2) is 17.2 Å². The fraction of sp³-hybridized carbons (Fsp3) is 0.529. The first-order chi connectivity index (χ1) is 10.1. The highest BCUT2D eigenvalue weighted by atomic mass is 35.5. The minimum absolute atomic E-state index is 0.474. The first kappa shape index (κ1) is 14.9. The highest BCUT2D eigenvalue weighted by molar-refractivity contribution is 6.31. The van der Waals surface area contributed by atoms with E-state index in [1.54, 1.807) is 0 Å². The van der Waals surface area contributed by atoms with Gasteiger partial charge in [0.05, 0.1) is 12.1 Å². The van der Waals surface area contributed by atoms with E-state index < -0.39 is 0 Å². The molecule has 1 aliphatic carbocycles. The van der Waals surface area contributed by atoms with E-state index in [1.807, 2.05) is 12.1 Å². The van der Waals surface area contributed by atoms with Gasteiger partial charge in [-0.05, 0) is 36.5 Å². The molecule has 0 spiro atoms. The second kappa shape index (κ2) is 6.39. The van der Waals surface area contributed by atoms with Gasteiger partial charge in [0.15, 0.2) is 0 Å². The molecule has 0 unspecified atom stereocenters. The Morgan fingerprint density at radius 2 is 2.19 bits per heavy atom. The molecule has 0 amide bonds. The highest BCUT2D eigenvalue weighted by Gasteiger charge is 2.21. The summed E-state index contributed by atoms with van der Waals surface area (Å²) < 4.78 is 8.00. The van der Waals surface area contributed by atoms with Gasteiger partial charge in [-0.15, -0.1) is 0 Å². The second-order valence-corrected chi connectivity index (χ2v) is 6.70. The van der Waals surface area contributed by atoms with Crippen LogP contribution in [0.1, 0.15) is 32.3 Å². The molecule has 2 aromatic rings. The van der Waals surface area contributed by atoms with E-state index in [9.17, 15) is 0 Å². The second-order valence-electron chi connectivity index (χ2n) is 6.26. The van der Waals surface area contributed by atoms with Crippen LogP contribution >= 0.6 is 11.6 Å². The normalized spacial score (nSPS) is 15.2. The van der Waals surface area contributed by atoms with Crippen LogP contribution in [0, 0.1) is 5.92 Å². The van der Waals surface area contributed by atoms with Gasteiger partial charge in [-0.1, -0.05) is 31.5 Å². The molecular weight excluding hydrogens is 284 g/mol. The number of aromatic nitrogens is 1. The van der Waals surface area contributed by atoms with Crippen molar-refractivity contribution in [3.05, 3.63) is 35.0 Å². The summed E-state index contributed by atoms with van der Waals surface area (Å²) in [6.45, 7) is 6.67. The molecule has 114 valence electrons. The van der Waals surface area contributed by atoms with E-state index in [4.69, 9.17) is 16.3 Å². The lowest BCUT2D eigenvalue weighted by molar-refractivity contribution is 0.0717. The number of hydrogen-bond acceptors (Lipinski definition) is 2. The van der Waals surface area contributed by atoms with Crippen molar-refractivity contribution in [1.82, 2.24) is 9.88 Å². The van der Waals surface area contributed by atoms with E-state index in [2.05, 4.69) is 36.0 Å². The zero-order chi connectivity index (χ0) is 14.8. The standard InChI is InChI=1S/C17H23ClN2O/c1-12(2)19-8-14-9-20(11-21-10-13-3-4-13)17-7-15(18)5-6-16(14)17/h5-7,9,12-13,19H,3-4,8,10-11H2,1-2H3. The molecule has 3 rings (SSSR count). The van der Waals surface area contributed by atoms with Crippen molar-refractivity contribution in [2.24, 2.45) is 5.92 Å². The number of halogens is 1. The van der Waals surface area contributed by atoms with Crippen molar-refractivity contribution in [2.75, 3.05) is 6.61 Å². The van der Waals surface area contributed by atoms with E-state index >= 15 is 0 Å². The first-order valence-corrected chi connectivity index (χ1v) is 8.09. The van der Waals surface area contributed by atoms with Crippen LogP contribution in [-0.2, 0) is 18.0 Å². The van der Waals surface area contributed by atoms with Crippen molar-refractivity contribution in [3.8, 4) is 0 Å². The van der Waals surface area contributed by atoms with E-state index in [1.165, 1.54) is 23.8 Å². The zero-order valence-corrected chi connectivity index (χ0v) is 13.5. The summed E-state index contributed by atoms with van der Waals surface area (Å²) in [6, 6.07) is 6.56. The number of nitrogens with one attached hydrogen (secondary N) is 1. The average Bonchev–Trinajstić information content (AvgIpc) is 3.20. The molecule has 1 fully saturated rings. The summed E-state index contributed by atoms with van der Waals surface area (Å²) in [7, 11) is 0. The van der Waals surface area contributed by atoms with Crippen LogP contribution in [0.4, 0.5) is 0 Å². The number of fused-ring (bicyclic) bond motifs is 1. The Kier molecular flexibility index (Phi) is 4.53. The molecule has 0 aliphatic heterocycles. The maximum atomic E-state index is 6.15. The lowest BCUT2D eigenvalue weighted by Gasteiger charge is -2.06. The van der Waals surface area contributed by atoms with Gasteiger partial charge in [-0.2, -0.15) is 0 Å². The van der Waals surface area contributed by atoms with Crippen LogP contribution in [0.2, 0.25) is 5.02 Å². The number of nitrogens with zero attached hydrogens (tertiary/aromatic N) is 1. The van der Waals surface area contributed by atoms with Gasteiger partial charge < -0.3 is 14.6 Å². The fourth-order valence-electron chi connectivity index (χ4n) is 2.51. The molecule has 1 aliphatic rings. The predicted octanol–water partition coefficient (Wildman–Crippen LogP) is 4.18. The molecule has 3 nitrogen and oxygen atoms in total. The third-order valence-corrected chi connectivity index (χ3v) is 4.14. The van der Waals surface area contributed by atoms with Gasteiger partial charge in [-0.3, -0.25) is 0 Å². The minimum atomic E-state index is 0.474. The van der Waals surface area contributed by atoms with Gasteiger partial charge in [0.2, 0.25) is 0 Å². The smallest absolute Gasteiger partial charge is 0.122 e. The van der Waals surface area contributed by atoms with E-state index in [0.29, 0.717) is 12.8 Å². The molecule has 1 saturated carbocycles. The quantitative estimate of drug-likeness (QED) is 0.830. The monoisotopic (exact) mass is 306 g/mol. The van der Waals surface area contributed by atoms with Crippen LogP contribution in [0.25, 0.3) is 10.9 Å². The predicted molar refractivity (Wildman–Crippen MR) is 87.6 cm³/mol. The Bertz CT molecular complexity index is 617. The van der Waals surface area contributed by atoms with Crippen molar-refractivity contribution < 1.29 is 4.74 Å². The van der Waals surface area contributed by atoms with Gasteiger partial charge in [-0.25, -0.2) is 0 Å². The topological polar surface area (TPSA) is 26.2 Å². The van der Waals surface area contributed by atoms with E-state index in [0.717, 1.165) is 29.6 Å². The molecule has 0 bridgehead atoms. The van der Waals surface area contributed by atoms with Crippen molar-refractivity contribution in [3.63, 3.8) is 0 Å². The Morgan fingerprint density at radius 1 is 1.38 bits per heavy atom. The lowest BCUT2D eigenvalue weighted by atomic mass is 10.1. The third kappa shape index (κ3) is 3.79. The number of benzene rings is 1. The molecule has 21 heavy (non-hydrogen) atoms. The largest absolute Gasteiger partial charge is 0.360 e. The number of ether oxygens (including phenoxy) is 1. The highest BCUT2D eigenvalue weighted by Crippen LogP contribution is 2.29. The molecule has 0 saturated heterocycles. The Labute approximate surface area is 131 Å². The SMILES string of the molecule is CC(C)NCc1cn(COCC2CC2)c2cc(Cl)ccc12. The Hall–Kier alpha value is -1.03. The molecule has 1 aromatic carbocycles. The maximum Gasteiger partial charge on any atom is 0.122 e. The van der Waals surface area contributed by atoms with Gasteiger partial charge in [0.1, 0.15) is 6.73 Å². The average molecular weight is 307 g/mol. The van der Waals surface area contributed by atoms with Gasteiger partial charge in [0, 0.05) is 29.2 Å². The maximum absolute atomic E-state index is 6.15. The molecule has 1 heterocycles. The van der Waals surface area contributed by atoms with Crippen molar-refractivity contribution in [1.29, 1.82) is 0 Å². The molecule has 4 heteroatoms. The van der Waals surface area contributed by atoms with Crippen molar-refractivity contribution in [2.45, 2.75) is 46.0 Å². The Balaban J connectivity index is 1.80. The summed E-state index contributed by atoms with van der Waals surface area (Å²) >= 11 is 6.15. The first-order valence-electron chi connectivity index (χ1n) is 7.72. The summed E-state index contributed by atoms with van der Waals surface area (Å²) in [6.07, 6.45) is 4.83. The minimum Gasteiger partial charge on any atom is -0.360 e. The molecule has 0 radical (unpaired) electrons. The Morgan fingerprint density at radius 3 is 2.90 bits per heavy atom. The molecular formula is C17H23ClN2O. The molecule has 1 N–H and O–H groups in total. The van der Waals surface area contributed by atoms with Gasteiger partial charge in [0.25, 0.3) is 0 Å². The van der Waals surface area contributed by atoms with Crippen LogP contribution in [0.3, 0.4) is 0 Å². The number of hydrogen-bond donors (Lipinski definition) is 1. The summed E-state index contributed by atoms with van der Waals surface area (Å²) in [5.41, 5.74) is 2.45.